The number of carbonyl (C=O) groups excluding carboxylic acids is 2. The highest BCUT2D eigenvalue weighted by atomic mass is 16.5. The first-order valence-corrected chi connectivity index (χ1v) is 10.5. The van der Waals surface area contributed by atoms with E-state index >= 15 is 0 Å². The van der Waals surface area contributed by atoms with E-state index in [-0.39, 0.29) is 24.2 Å². The van der Waals surface area contributed by atoms with E-state index in [9.17, 15) is 9.59 Å². The van der Waals surface area contributed by atoms with Crippen LogP contribution >= 0.6 is 0 Å². The van der Waals surface area contributed by atoms with E-state index < -0.39 is 0 Å². The molecular formula is C24H29N3O3. The van der Waals surface area contributed by atoms with Crippen molar-refractivity contribution in [1.29, 1.82) is 0 Å². The van der Waals surface area contributed by atoms with E-state index in [1.165, 1.54) is 6.42 Å². The molecule has 2 aromatic carbocycles. The minimum atomic E-state index is -0.180. The number of hydrazone groups is 1. The van der Waals surface area contributed by atoms with Crippen LogP contribution in [0, 0.1) is 5.92 Å². The van der Waals surface area contributed by atoms with E-state index in [2.05, 4.69) is 15.8 Å². The molecule has 0 aliphatic heterocycles. The lowest BCUT2D eigenvalue weighted by Crippen LogP contribution is -2.29. The quantitative estimate of drug-likeness (QED) is 0.493. The zero-order chi connectivity index (χ0) is 21.2. The molecule has 30 heavy (non-hydrogen) atoms. The van der Waals surface area contributed by atoms with Gasteiger partial charge in [0.15, 0.2) is 0 Å². The fourth-order valence-corrected chi connectivity index (χ4v) is 3.46. The second kappa shape index (κ2) is 11.1. The van der Waals surface area contributed by atoms with E-state index in [0.717, 1.165) is 37.0 Å². The third-order valence-corrected chi connectivity index (χ3v) is 5.14. The van der Waals surface area contributed by atoms with Gasteiger partial charge in [-0.25, -0.2) is 5.43 Å². The number of amides is 2. The van der Waals surface area contributed by atoms with Crippen molar-refractivity contribution in [3.8, 4) is 5.75 Å². The van der Waals surface area contributed by atoms with Gasteiger partial charge in [0.1, 0.15) is 12.4 Å². The number of carbonyl (C=O) groups is 2. The number of rotatable bonds is 8. The molecule has 0 unspecified atom stereocenters. The fraction of sp³-hybridized carbons (Fsp3) is 0.375. The summed E-state index contributed by atoms with van der Waals surface area (Å²) in [5, 5.41) is 6.92. The summed E-state index contributed by atoms with van der Waals surface area (Å²) >= 11 is 0. The van der Waals surface area contributed by atoms with E-state index in [0.29, 0.717) is 18.0 Å². The molecule has 0 bridgehead atoms. The highest BCUT2D eigenvalue weighted by Gasteiger charge is 2.20. The van der Waals surface area contributed by atoms with Crippen LogP contribution in [-0.4, -0.2) is 17.5 Å². The molecule has 0 spiro atoms. The van der Waals surface area contributed by atoms with Crippen molar-refractivity contribution in [2.45, 2.75) is 52.1 Å². The Balaban J connectivity index is 1.41. The molecule has 0 saturated heterocycles. The lowest BCUT2D eigenvalue weighted by atomic mass is 9.89. The van der Waals surface area contributed by atoms with Gasteiger partial charge in [-0.05, 0) is 49.6 Å². The lowest BCUT2D eigenvalue weighted by Gasteiger charge is -2.19. The smallest absolute Gasteiger partial charge is 0.243 e. The van der Waals surface area contributed by atoms with Gasteiger partial charge in [0.05, 0.1) is 6.42 Å². The molecule has 0 aromatic heterocycles. The summed E-state index contributed by atoms with van der Waals surface area (Å²) in [6.07, 6.45) is 5.36. The van der Waals surface area contributed by atoms with Crippen LogP contribution in [0.15, 0.2) is 59.7 Å². The van der Waals surface area contributed by atoms with Crippen molar-refractivity contribution >= 4 is 23.2 Å². The van der Waals surface area contributed by atoms with Gasteiger partial charge in [0, 0.05) is 17.3 Å². The van der Waals surface area contributed by atoms with Crippen molar-refractivity contribution in [1.82, 2.24) is 5.43 Å². The molecule has 0 heterocycles. The molecule has 0 radical (unpaired) electrons. The minimum absolute atomic E-state index is 0.0412. The van der Waals surface area contributed by atoms with Crippen molar-refractivity contribution in [3.05, 3.63) is 60.2 Å². The largest absolute Gasteiger partial charge is 0.489 e. The van der Waals surface area contributed by atoms with Crippen LogP contribution in [0.4, 0.5) is 5.69 Å². The normalized spacial score (nSPS) is 14.8. The average Bonchev–Trinajstić information content (AvgIpc) is 2.78. The Labute approximate surface area is 177 Å². The molecule has 6 nitrogen and oxygen atoms in total. The molecule has 2 N–H and O–H groups in total. The molecule has 1 aliphatic carbocycles. The summed E-state index contributed by atoms with van der Waals surface area (Å²) < 4.78 is 5.75. The van der Waals surface area contributed by atoms with E-state index in [1.54, 1.807) is 19.1 Å². The molecule has 158 valence electrons. The number of nitrogens with one attached hydrogen (secondary N) is 2. The minimum Gasteiger partial charge on any atom is -0.489 e. The van der Waals surface area contributed by atoms with Crippen LogP contribution < -0.4 is 15.5 Å². The Kier molecular flexibility index (Phi) is 8.01. The molecule has 0 atom stereocenters. The molecule has 2 aromatic rings. The number of benzene rings is 2. The van der Waals surface area contributed by atoms with Gasteiger partial charge in [-0.3, -0.25) is 9.59 Å². The third kappa shape index (κ3) is 7.03. The zero-order valence-electron chi connectivity index (χ0n) is 17.4. The number of nitrogens with zero attached hydrogens (tertiary/aromatic N) is 1. The van der Waals surface area contributed by atoms with Gasteiger partial charge in [0.2, 0.25) is 11.8 Å². The monoisotopic (exact) mass is 407 g/mol. The number of anilines is 1. The number of hydrogen-bond acceptors (Lipinski definition) is 4. The Hall–Kier alpha value is -3.15. The summed E-state index contributed by atoms with van der Waals surface area (Å²) in [5.41, 5.74) is 4.96. The highest BCUT2D eigenvalue weighted by Crippen LogP contribution is 2.23. The van der Waals surface area contributed by atoms with Crippen molar-refractivity contribution < 1.29 is 14.3 Å². The second-order valence-corrected chi connectivity index (χ2v) is 7.68. The maximum atomic E-state index is 12.2. The van der Waals surface area contributed by atoms with Gasteiger partial charge < -0.3 is 10.1 Å². The summed E-state index contributed by atoms with van der Waals surface area (Å²) in [4.78, 5) is 24.4. The average molecular weight is 408 g/mol. The Morgan fingerprint density at radius 3 is 2.40 bits per heavy atom. The van der Waals surface area contributed by atoms with E-state index in [1.807, 2.05) is 42.5 Å². The Morgan fingerprint density at radius 1 is 1.00 bits per heavy atom. The van der Waals surface area contributed by atoms with Crippen LogP contribution in [0.5, 0.6) is 5.75 Å². The standard InChI is InChI=1S/C24H29N3O3/c1-18(26-27-24(29)20-10-6-3-7-11-20)16-23(28)25-21-12-14-22(15-13-21)30-17-19-8-4-2-5-9-19/h2,4-5,8-9,12-15,20H,3,6-7,10-11,16-17H2,1H3,(H,25,28)(H,27,29). The van der Waals surface area contributed by atoms with Crippen LogP contribution in [0.1, 0.15) is 51.0 Å². The lowest BCUT2D eigenvalue weighted by molar-refractivity contribution is -0.126. The summed E-state index contributed by atoms with van der Waals surface area (Å²) in [6, 6.07) is 17.2. The third-order valence-electron chi connectivity index (χ3n) is 5.14. The van der Waals surface area contributed by atoms with E-state index in [4.69, 9.17) is 4.74 Å². The Morgan fingerprint density at radius 2 is 1.70 bits per heavy atom. The molecule has 6 heteroatoms. The van der Waals surface area contributed by atoms with Gasteiger partial charge in [-0.15, -0.1) is 0 Å². The maximum Gasteiger partial charge on any atom is 0.243 e. The molecule has 1 fully saturated rings. The number of ether oxygens (including phenoxy) is 1. The van der Waals surface area contributed by atoms with Crippen LogP contribution in [0.25, 0.3) is 0 Å². The van der Waals surface area contributed by atoms with Crippen molar-refractivity contribution in [2.75, 3.05) is 5.32 Å². The molecule has 3 rings (SSSR count). The van der Waals surface area contributed by atoms with Crippen molar-refractivity contribution in [2.24, 2.45) is 11.0 Å². The molecule has 1 saturated carbocycles. The predicted molar refractivity (Wildman–Crippen MR) is 118 cm³/mol. The topological polar surface area (TPSA) is 79.8 Å². The molecule has 1 aliphatic rings. The van der Waals surface area contributed by atoms with Gasteiger partial charge in [-0.1, -0.05) is 49.6 Å². The first-order chi connectivity index (χ1) is 14.6. The summed E-state index contributed by atoms with van der Waals surface area (Å²) in [6.45, 7) is 2.23. The van der Waals surface area contributed by atoms with Crippen LogP contribution in [-0.2, 0) is 16.2 Å². The SMILES string of the molecule is CC(CC(=O)Nc1ccc(OCc2ccccc2)cc1)=NNC(=O)C1CCCCC1. The molecule has 2 amide bonds. The van der Waals surface area contributed by atoms with Gasteiger partial charge in [-0.2, -0.15) is 5.10 Å². The maximum absolute atomic E-state index is 12.2. The van der Waals surface area contributed by atoms with Crippen molar-refractivity contribution in [3.63, 3.8) is 0 Å². The van der Waals surface area contributed by atoms with Gasteiger partial charge >= 0.3 is 0 Å². The van der Waals surface area contributed by atoms with Crippen LogP contribution in [0.2, 0.25) is 0 Å². The first-order valence-electron chi connectivity index (χ1n) is 10.5. The zero-order valence-corrected chi connectivity index (χ0v) is 17.4. The second-order valence-electron chi connectivity index (χ2n) is 7.68. The van der Waals surface area contributed by atoms with Crippen LogP contribution in [0.3, 0.4) is 0 Å². The first kappa shape index (κ1) is 21.6. The summed E-state index contributed by atoms with van der Waals surface area (Å²) in [5.74, 6) is 0.563. The highest BCUT2D eigenvalue weighted by molar-refractivity contribution is 6.05. The van der Waals surface area contributed by atoms with Gasteiger partial charge in [0.25, 0.3) is 0 Å². The molecular weight excluding hydrogens is 378 g/mol. The summed E-state index contributed by atoms with van der Waals surface area (Å²) in [7, 11) is 0. The fourth-order valence-electron chi connectivity index (χ4n) is 3.46. The number of hydrogen-bond donors (Lipinski definition) is 2. The Bertz CT molecular complexity index is 857. The predicted octanol–water partition coefficient (Wildman–Crippen LogP) is 4.67.